The predicted octanol–water partition coefficient (Wildman–Crippen LogP) is 3.43. The monoisotopic (exact) mass is 632 g/mol. The number of halogens is 3. The minimum atomic E-state index is -4.20. The quantitative estimate of drug-likeness (QED) is 0.315. The molecule has 0 spiro atoms. The van der Waals surface area contributed by atoms with Gasteiger partial charge in [-0.05, 0) is 62.7 Å². The highest BCUT2D eigenvalue weighted by atomic mass is 35.5. The standard InChI is InChI=1S/C27H26F2N8O4S.ClH/c28-17-7-11-35(15-17)42(39,40)34-24-4-2-22(29)26(21(24)14-30)41-19-1-3-23-20(13-19)27(38)36(16-32-23)25-8-12-37(33-25)18-5-9-31-10-6-18;/h1-4,8,12-13,16-18,31,34H,5-7,9-11,15H2;1H. The molecular formula is C27H27ClF2N8O4S. The van der Waals surface area contributed by atoms with Crippen molar-refractivity contribution in [2.45, 2.75) is 31.5 Å². The zero-order valence-corrected chi connectivity index (χ0v) is 24.2. The summed E-state index contributed by atoms with van der Waals surface area (Å²) in [4.78, 5) is 17.8. The van der Waals surface area contributed by atoms with E-state index in [-0.39, 0.29) is 54.8 Å². The Morgan fingerprint density at radius 3 is 2.65 bits per heavy atom. The molecule has 4 heterocycles. The Kier molecular flexibility index (Phi) is 8.65. The van der Waals surface area contributed by atoms with Gasteiger partial charge in [-0.15, -0.1) is 12.4 Å². The highest BCUT2D eigenvalue weighted by molar-refractivity contribution is 7.90. The number of aromatic nitrogens is 4. The molecule has 0 saturated carbocycles. The molecule has 2 aromatic heterocycles. The first-order valence-corrected chi connectivity index (χ1v) is 14.8. The number of anilines is 1. The maximum Gasteiger partial charge on any atom is 0.301 e. The molecule has 4 aromatic rings. The summed E-state index contributed by atoms with van der Waals surface area (Å²) in [5.74, 6) is -1.04. The number of hydrogen-bond acceptors (Lipinski definition) is 8. The molecule has 2 aromatic carbocycles. The van der Waals surface area contributed by atoms with Gasteiger partial charge in [0.05, 0.1) is 22.6 Å². The van der Waals surface area contributed by atoms with Gasteiger partial charge in [0.15, 0.2) is 17.4 Å². The van der Waals surface area contributed by atoms with Crippen LogP contribution in [0.3, 0.4) is 0 Å². The van der Waals surface area contributed by atoms with Gasteiger partial charge in [0.25, 0.3) is 5.56 Å². The number of ether oxygens (including phenoxy) is 1. The number of hydrogen-bond donors (Lipinski definition) is 2. The lowest BCUT2D eigenvalue weighted by Crippen LogP contribution is -2.34. The lowest BCUT2D eigenvalue weighted by Gasteiger charge is -2.22. The fraction of sp³-hybridized carbons (Fsp3) is 0.333. The van der Waals surface area contributed by atoms with Crippen molar-refractivity contribution in [3.8, 4) is 23.4 Å². The van der Waals surface area contributed by atoms with E-state index in [1.54, 1.807) is 12.1 Å². The van der Waals surface area contributed by atoms with E-state index >= 15 is 0 Å². The summed E-state index contributed by atoms with van der Waals surface area (Å²) >= 11 is 0. The van der Waals surface area contributed by atoms with Crippen molar-refractivity contribution in [1.29, 1.82) is 5.26 Å². The number of fused-ring (bicyclic) bond motifs is 1. The molecule has 226 valence electrons. The lowest BCUT2D eigenvalue weighted by molar-refractivity contribution is 0.342. The number of nitrogens with zero attached hydrogens (tertiary/aromatic N) is 6. The number of piperidine rings is 1. The van der Waals surface area contributed by atoms with Crippen molar-refractivity contribution >= 4 is 39.2 Å². The normalized spacial score (nSPS) is 17.8. The maximum atomic E-state index is 14.9. The van der Waals surface area contributed by atoms with Gasteiger partial charge in [0.1, 0.15) is 29.9 Å². The number of rotatable bonds is 7. The van der Waals surface area contributed by atoms with Crippen LogP contribution in [-0.2, 0) is 10.2 Å². The Hall–Kier alpha value is -4.10. The zero-order valence-electron chi connectivity index (χ0n) is 22.6. The van der Waals surface area contributed by atoms with Crippen LogP contribution in [0.2, 0.25) is 0 Å². The molecule has 2 aliphatic heterocycles. The average molecular weight is 633 g/mol. The molecule has 0 amide bonds. The van der Waals surface area contributed by atoms with Crippen LogP contribution < -0.4 is 20.3 Å². The predicted molar refractivity (Wildman–Crippen MR) is 156 cm³/mol. The maximum absolute atomic E-state index is 14.9. The van der Waals surface area contributed by atoms with Gasteiger partial charge in [0, 0.05) is 25.4 Å². The minimum absolute atomic E-state index is 0. The minimum Gasteiger partial charge on any atom is -0.453 e. The van der Waals surface area contributed by atoms with Crippen molar-refractivity contribution < 1.29 is 21.9 Å². The van der Waals surface area contributed by atoms with Crippen LogP contribution in [0.5, 0.6) is 11.5 Å². The Labute approximate surface area is 251 Å². The first-order chi connectivity index (χ1) is 20.2. The van der Waals surface area contributed by atoms with E-state index in [0.29, 0.717) is 11.3 Å². The van der Waals surface area contributed by atoms with E-state index in [2.05, 4.69) is 20.1 Å². The highest BCUT2D eigenvalue weighted by Gasteiger charge is 2.32. The van der Waals surface area contributed by atoms with Crippen molar-refractivity contribution in [2.75, 3.05) is 30.9 Å². The summed E-state index contributed by atoms with van der Waals surface area (Å²) in [6.45, 7) is 1.44. The number of nitriles is 1. The molecule has 0 radical (unpaired) electrons. The van der Waals surface area contributed by atoms with E-state index in [1.165, 1.54) is 29.1 Å². The molecule has 1 atom stereocenters. The first kappa shape index (κ1) is 30.4. The van der Waals surface area contributed by atoms with Crippen LogP contribution >= 0.6 is 12.4 Å². The molecule has 2 fully saturated rings. The highest BCUT2D eigenvalue weighted by Crippen LogP contribution is 2.34. The van der Waals surface area contributed by atoms with Gasteiger partial charge in [-0.1, -0.05) is 0 Å². The third kappa shape index (κ3) is 6.04. The lowest BCUT2D eigenvalue weighted by atomic mass is 10.1. The molecule has 16 heteroatoms. The van der Waals surface area contributed by atoms with E-state index in [9.17, 15) is 27.3 Å². The van der Waals surface area contributed by atoms with Gasteiger partial charge < -0.3 is 10.1 Å². The van der Waals surface area contributed by atoms with Gasteiger partial charge in [-0.3, -0.25) is 14.2 Å². The molecule has 2 saturated heterocycles. The number of nitrogens with one attached hydrogen (secondary N) is 2. The second-order valence-electron chi connectivity index (χ2n) is 10.1. The van der Waals surface area contributed by atoms with E-state index < -0.39 is 39.1 Å². The summed E-state index contributed by atoms with van der Waals surface area (Å²) in [5.41, 5.74) is -0.715. The molecule has 2 aliphatic rings. The Morgan fingerprint density at radius 2 is 1.93 bits per heavy atom. The Balaban J connectivity index is 0.00000368. The summed E-state index contributed by atoms with van der Waals surface area (Å²) in [7, 11) is -4.20. The summed E-state index contributed by atoms with van der Waals surface area (Å²) in [5, 5.41) is 17.9. The third-order valence-electron chi connectivity index (χ3n) is 7.37. The Bertz CT molecular complexity index is 1870. The zero-order chi connectivity index (χ0) is 29.4. The van der Waals surface area contributed by atoms with Crippen molar-refractivity contribution in [3.05, 3.63) is 70.7 Å². The molecule has 12 nitrogen and oxygen atoms in total. The molecule has 2 N–H and O–H groups in total. The topological polar surface area (TPSA) is 147 Å². The van der Waals surface area contributed by atoms with Gasteiger partial charge in [-0.25, -0.2) is 18.3 Å². The molecule has 1 unspecified atom stereocenters. The van der Waals surface area contributed by atoms with Crippen LogP contribution in [0.25, 0.3) is 16.7 Å². The molecule has 43 heavy (non-hydrogen) atoms. The summed E-state index contributed by atoms with van der Waals surface area (Å²) in [6.07, 6.45) is 3.83. The first-order valence-electron chi connectivity index (χ1n) is 13.3. The van der Waals surface area contributed by atoms with Crippen molar-refractivity contribution in [2.24, 2.45) is 0 Å². The number of benzene rings is 2. The Morgan fingerprint density at radius 1 is 1.14 bits per heavy atom. The molecular weight excluding hydrogens is 606 g/mol. The molecule has 0 bridgehead atoms. The third-order valence-corrected chi connectivity index (χ3v) is 8.86. The average Bonchev–Trinajstić information content (AvgIpc) is 3.66. The molecule has 0 aliphatic carbocycles. The van der Waals surface area contributed by atoms with Crippen molar-refractivity contribution in [3.63, 3.8) is 0 Å². The van der Waals surface area contributed by atoms with Gasteiger partial charge in [-0.2, -0.15) is 23.1 Å². The second kappa shape index (κ2) is 12.3. The van der Waals surface area contributed by atoms with Crippen LogP contribution in [0.1, 0.15) is 30.9 Å². The smallest absolute Gasteiger partial charge is 0.301 e. The molecule has 6 rings (SSSR count). The van der Waals surface area contributed by atoms with Crippen LogP contribution in [0.15, 0.2) is 53.7 Å². The van der Waals surface area contributed by atoms with Crippen LogP contribution in [0, 0.1) is 17.1 Å². The van der Waals surface area contributed by atoms with E-state index in [4.69, 9.17) is 4.74 Å². The fourth-order valence-electron chi connectivity index (χ4n) is 5.14. The van der Waals surface area contributed by atoms with E-state index in [1.807, 2.05) is 10.9 Å². The summed E-state index contributed by atoms with van der Waals surface area (Å²) < 4.78 is 66.0. The van der Waals surface area contributed by atoms with Crippen LogP contribution in [0.4, 0.5) is 14.5 Å². The van der Waals surface area contributed by atoms with Gasteiger partial charge in [0.2, 0.25) is 0 Å². The van der Waals surface area contributed by atoms with Crippen molar-refractivity contribution in [1.82, 2.24) is 29.0 Å². The SMILES string of the molecule is Cl.N#Cc1c(NS(=O)(=O)N2CCC(F)C2)ccc(F)c1Oc1ccc2ncn(-c3ccn(C4CCNCC4)n3)c(=O)c2c1. The summed E-state index contributed by atoms with van der Waals surface area (Å²) in [6, 6.07) is 10.1. The fourth-order valence-corrected chi connectivity index (χ4v) is 6.42. The number of alkyl halides is 1. The van der Waals surface area contributed by atoms with Gasteiger partial charge >= 0.3 is 10.2 Å². The van der Waals surface area contributed by atoms with E-state index in [0.717, 1.165) is 42.4 Å². The largest absolute Gasteiger partial charge is 0.453 e. The second-order valence-corrected chi connectivity index (χ2v) is 11.8. The van der Waals surface area contributed by atoms with Crippen LogP contribution in [-0.4, -0.2) is 64.4 Å².